The molecule has 0 aromatic carbocycles. The Kier molecular flexibility index (Phi) is 5.52. The predicted octanol–water partition coefficient (Wildman–Crippen LogP) is 0.0264. The molecule has 0 aromatic rings. The summed E-state index contributed by atoms with van der Waals surface area (Å²) < 4.78 is 4.90. The van der Waals surface area contributed by atoms with Gasteiger partial charge in [-0.25, -0.2) is 0 Å². The van der Waals surface area contributed by atoms with Gasteiger partial charge in [0.25, 0.3) is 0 Å². The van der Waals surface area contributed by atoms with Crippen molar-refractivity contribution in [1.82, 2.24) is 4.90 Å². The monoisotopic (exact) mass is 178 g/mol. The van der Waals surface area contributed by atoms with Crippen LogP contribution >= 0.6 is 0 Å². The van der Waals surface area contributed by atoms with Gasteiger partial charge in [-0.2, -0.15) is 0 Å². The van der Waals surface area contributed by atoms with Gasteiger partial charge in [0.2, 0.25) is 0 Å². The van der Waals surface area contributed by atoms with E-state index in [4.69, 9.17) is 2.81 Å². The third kappa shape index (κ3) is 6.80. The summed E-state index contributed by atoms with van der Waals surface area (Å²) in [4.78, 5) is 2.10. The van der Waals surface area contributed by atoms with Gasteiger partial charge < -0.3 is 0 Å². The fraction of sp³-hybridized carbons (Fsp3) is 1.00. The zero-order chi connectivity index (χ0) is 5.70. The van der Waals surface area contributed by atoms with Crippen molar-refractivity contribution in [3.05, 3.63) is 0 Å². The fourth-order valence-electron chi connectivity index (χ4n) is 0.228. The van der Waals surface area contributed by atoms with Crippen LogP contribution in [0.15, 0.2) is 0 Å². The van der Waals surface area contributed by atoms with Gasteiger partial charge >= 0.3 is 60.1 Å². The molecule has 0 saturated heterocycles. The van der Waals surface area contributed by atoms with Crippen LogP contribution in [0.3, 0.4) is 0 Å². The maximum atomic E-state index is 4.90. The predicted molar refractivity (Wildman–Crippen MR) is 24.5 cm³/mol. The van der Waals surface area contributed by atoms with Gasteiger partial charge in [-0.1, -0.05) is 0 Å². The second kappa shape index (κ2) is 4.95. The van der Waals surface area contributed by atoms with Crippen molar-refractivity contribution in [2.45, 2.75) is 0 Å². The van der Waals surface area contributed by atoms with Gasteiger partial charge in [-0.3, -0.25) is 0 Å². The standard InChI is InChI=1S/C4H10NO.Zr/c1-5(2)3-4-6;/h3-4H2,1-2H3;/q-1;+1. The number of likely N-dealkylation sites (N-methyl/N-ethyl adjacent to an activating group) is 1. The third-order valence-electron chi connectivity index (χ3n) is 0.641. The Morgan fingerprint density at radius 3 is 2.29 bits per heavy atom. The summed E-state index contributed by atoms with van der Waals surface area (Å²) in [5.41, 5.74) is 0. The normalized spacial score (nSPS) is 10.0. The Morgan fingerprint density at radius 2 is 2.14 bits per heavy atom. The molecule has 0 unspecified atom stereocenters. The van der Waals surface area contributed by atoms with E-state index in [1.807, 2.05) is 14.1 Å². The van der Waals surface area contributed by atoms with Crippen LogP contribution in [0.5, 0.6) is 0 Å². The van der Waals surface area contributed by atoms with Crippen LogP contribution in [0.2, 0.25) is 0 Å². The SMILES string of the molecule is CN(C)CC[O][Zr]. The molecule has 0 saturated carbocycles. The van der Waals surface area contributed by atoms with E-state index < -0.39 is 0 Å². The Bertz CT molecular complexity index is 40.7. The molecule has 3 heteroatoms. The molecule has 0 spiro atoms. The molecule has 0 aliphatic rings. The molecule has 0 fully saturated rings. The molecule has 0 aliphatic heterocycles. The van der Waals surface area contributed by atoms with Crippen molar-refractivity contribution in [3.63, 3.8) is 0 Å². The van der Waals surface area contributed by atoms with E-state index in [1.165, 1.54) is 0 Å². The van der Waals surface area contributed by atoms with E-state index in [1.54, 1.807) is 0 Å². The van der Waals surface area contributed by atoms with E-state index in [9.17, 15) is 0 Å². The van der Waals surface area contributed by atoms with Gasteiger partial charge in [0, 0.05) is 0 Å². The van der Waals surface area contributed by atoms with E-state index in [-0.39, 0.29) is 0 Å². The Morgan fingerprint density at radius 1 is 1.57 bits per heavy atom. The van der Waals surface area contributed by atoms with E-state index >= 15 is 0 Å². The summed E-state index contributed by atoms with van der Waals surface area (Å²) in [7, 11) is 4.07. The van der Waals surface area contributed by atoms with E-state index in [2.05, 4.69) is 4.90 Å². The zero-order valence-electron chi connectivity index (χ0n) is 4.77. The minimum atomic E-state index is 0.866. The van der Waals surface area contributed by atoms with Gasteiger partial charge in [0.1, 0.15) is 0 Å². The number of rotatable bonds is 3. The third-order valence-corrected chi connectivity index (χ3v) is 1.14. The Balaban J connectivity index is 2.68. The van der Waals surface area contributed by atoms with Crippen LogP contribution in [0.1, 0.15) is 0 Å². The first-order valence-corrected chi connectivity index (χ1v) is 3.21. The molecule has 0 aromatic heterocycles. The first-order valence-electron chi connectivity index (χ1n) is 2.20. The summed E-state index contributed by atoms with van der Waals surface area (Å²) in [6, 6.07) is 0. The van der Waals surface area contributed by atoms with Crippen molar-refractivity contribution in [3.8, 4) is 0 Å². The topological polar surface area (TPSA) is 12.5 Å². The number of hydrogen-bond acceptors (Lipinski definition) is 2. The van der Waals surface area contributed by atoms with E-state index in [0.29, 0.717) is 0 Å². The molecular weight excluding hydrogens is 169 g/mol. The van der Waals surface area contributed by atoms with E-state index in [0.717, 1.165) is 38.3 Å². The fourth-order valence-corrected chi connectivity index (χ4v) is 0.453. The van der Waals surface area contributed by atoms with Crippen LogP contribution in [-0.4, -0.2) is 32.1 Å². The van der Waals surface area contributed by atoms with Crippen molar-refractivity contribution in [2.24, 2.45) is 0 Å². The van der Waals surface area contributed by atoms with Crippen LogP contribution in [0.25, 0.3) is 0 Å². The summed E-state index contributed by atoms with van der Waals surface area (Å²) >= 11 is 1.16. The molecule has 0 bridgehead atoms. The number of nitrogens with zero attached hydrogens (tertiary/aromatic N) is 1. The minimum absolute atomic E-state index is 0.866. The van der Waals surface area contributed by atoms with Gasteiger partial charge in [0.15, 0.2) is 0 Å². The van der Waals surface area contributed by atoms with Crippen molar-refractivity contribution >= 4 is 0 Å². The molecule has 0 N–H and O–H groups in total. The van der Waals surface area contributed by atoms with Crippen LogP contribution in [0, 0.1) is 0 Å². The van der Waals surface area contributed by atoms with Gasteiger partial charge in [-0.05, 0) is 0 Å². The Hall–Kier alpha value is 0.803. The summed E-state index contributed by atoms with van der Waals surface area (Å²) in [6.07, 6.45) is 0. The molecule has 0 atom stereocenters. The molecule has 0 radical (unpaired) electrons. The van der Waals surface area contributed by atoms with Gasteiger partial charge in [-0.15, -0.1) is 0 Å². The van der Waals surface area contributed by atoms with Crippen LogP contribution < -0.4 is 0 Å². The molecule has 41 valence electrons. The van der Waals surface area contributed by atoms with Gasteiger partial charge in [0.05, 0.1) is 0 Å². The molecule has 0 aliphatic carbocycles. The summed E-state index contributed by atoms with van der Waals surface area (Å²) in [6.45, 7) is 1.90. The summed E-state index contributed by atoms with van der Waals surface area (Å²) in [5.74, 6) is 0. The molecular formula is C4H10NOZr. The molecule has 0 rings (SSSR count). The van der Waals surface area contributed by atoms with Crippen molar-refractivity contribution in [1.29, 1.82) is 0 Å². The second-order valence-corrected chi connectivity index (χ2v) is 2.36. The average molecular weight is 179 g/mol. The molecule has 7 heavy (non-hydrogen) atoms. The van der Waals surface area contributed by atoms with Crippen LogP contribution in [0.4, 0.5) is 0 Å². The average Bonchev–Trinajstić information content (AvgIpc) is 1.61. The maximum absolute atomic E-state index is 4.90. The molecule has 2 nitrogen and oxygen atoms in total. The van der Waals surface area contributed by atoms with Crippen molar-refractivity contribution < 1.29 is 28.0 Å². The Labute approximate surface area is 60.3 Å². The zero-order valence-corrected chi connectivity index (χ0v) is 7.23. The van der Waals surface area contributed by atoms with Crippen LogP contribution in [-0.2, 0) is 28.0 Å². The molecule has 0 amide bonds. The molecule has 0 heterocycles. The first kappa shape index (κ1) is 7.80. The van der Waals surface area contributed by atoms with Crippen molar-refractivity contribution in [2.75, 3.05) is 27.2 Å². The number of hydrogen-bond donors (Lipinski definition) is 0. The first-order chi connectivity index (χ1) is 3.27. The summed E-state index contributed by atoms with van der Waals surface area (Å²) in [5, 5.41) is 0. The second-order valence-electron chi connectivity index (χ2n) is 1.65. The quantitative estimate of drug-likeness (QED) is 0.606.